The molecule has 2 aromatic carbocycles. The van der Waals surface area contributed by atoms with Gasteiger partial charge in [0.1, 0.15) is 5.75 Å². The number of aromatic nitrogens is 1. The second kappa shape index (κ2) is 9.77. The molecule has 0 aliphatic heterocycles. The fourth-order valence-electron chi connectivity index (χ4n) is 5.11. The average Bonchev–Trinajstić information content (AvgIpc) is 2.84. The lowest BCUT2D eigenvalue weighted by Gasteiger charge is -2.30. The molecule has 0 radical (unpaired) electrons. The molecule has 3 nitrogen and oxygen atoms in total. The summed E-state index contributed by atoms with van der Waals surface area (Å²) in [6, 6.07) is 15.6. The highest BCUT2D eigenvalue weighted by Crippen LogP contribution is 2.38. The summed E-state index contributed by atoms with van der Waals surface area (Å²) in [6.45, 7) is 8.91. The molecule has 1 heterocycles. The third kappa shape index (κ3) is 4.26. The van der Waals surface area contributed by atoms with Gasteiger partial charge in [-0.05, 0) is 85.4 Å². The van der Waals surface area contributed by atoms with Gasteiger partial charge in [-0.25, -0.2) is 0 Å². The second-order valence-corrected chi connectivity index (χ2v) is 8.81. The number of ether oxygens (including phenoxy) is 1. The fourth-order valence-corrected chi connectivity index (χ4v) is 5.11. The van der Waals surface area contributed by atoms with Crippen LogP contribution < -0.4 is 10.1 Å². The smallest absolute Gasteiger partial charge is 0.120 e. The van der Waals surface area contributed by atoms with Crippen molar-refractivity contribution < 1.29 is 4.74 Å². The molecule has 1 aliphatic rings. The number of nitrogens with one attached hydrogen (secondary N) is 1. The molecular formula is C29H36N2O. The minimum absolute atomic E-state index is 0.285. The molecular weight excluding hydrogens is 392 g/mol. The predicted octanol–water partition coefficient (Wildman–Crippen LogP) is 7.24. The average molecular weight is 429 g/mol. The van der Waals surface area contributed by atoms with Crippen molar-refractivity contribution in [1.82, 2.24) is 4.98 Å². The van der Waals surface area contributed by atoms with Crippen molar-refractivity contribution >= 4 is 5.69 Å². The minimum atomic E-state index is 0.285. The zero-order valence-electron chi connectivity index (χ0n) is 20.2. The van der Waals surface area contributed by atoms with Gasteiger partial charge in [0.2, 0.25) is 0 Å². The number of anilines is 1. The summed E-state index contributed by atoms with van der Waals surface area (Å²) < 4.78 is 5.47. The first-order valence-corrected chi connectivity index (χ1v) is 12.1. The Hall–Kier alpha value is -2.81. The van der Waals surface area contributed by atoms with Crippen LogP contribution in [0.15, 0.2) is 42.5 Å². The number of nitrogens with zero attached hydrogens (tertiary/aromatic N) is 1. The van der Waals surface area contributed by atoms with Crippen molar-refractivity contribution in [3.63, 3.8) is 0 Å². The second-order valence-electron chi connectivity index (χ2n) is 8.81. The highest BCUT2D eigenvalue weighted by Gasteiger charge is 2.26. The van der Waals surface area contributed by atoms with E-state index in [1.807, 2.05) is 6.07 Å². The quantitative estimate of drug-likeness (QED) is 0.430. The Morgan fingerprint density at radius 2 is 1.69 bits per heavy atom. The molecule has 0 saturated carbocycles. The summed E-state index contributed by atoms with van der Waals surface area (Å²) in [5.74, 6) is 0.890. The molecule has 0 bridgehead atoms. The van der Waals surface area contributed by atoms with Crippen LogP contribution in [-0.4, -0.2) is 12.1 Å². The molecule has 1 aromatic heterocycles. The van der Waals surface area contributed by atoms with E-state index in [0.717, 1.165) is 55.7 Å². The number of aryl methyl sites for hydroxylation is 5. The summed E-state index contributed by atoms with van der Waals surface area (Å²) >= 11 is 0. The predicted molar refractivity (Wildman–Crippen MR) is 135 cm³/mol. The molecule has 1 unspecified atom stereocenters. The lowest BCUT2D eigenvalue weighted by Crippen LogP contribution is -2.21. The first-order valence-electron chi connectivity index (χ1n) is 12.1. The molecule has 168 valence electrons. The van der Waals surface area contributed by atoms with E-state index in [1.54, 1.807) is 7.11 Å². The maximum atomic E-state index is 5.47. The summed E-state index contributed by atoms with van der Waals surface area (Å²) in [7, 11) is 1.73. The SMILES string of the molecule is CCc1cccc(CC)c1-c1cc(CC)c2c(n1)CCCC2Nc1cc(OC)ccc1C. The van der Waals surface area contributed by atoms with E-state index in [9.17, 15) is 0 Å². The van der Waals surface area contributed by atoms with Crippen LogP contribution in [0.3, 0.4) is 0 Å². The number of hydrogen-bond acceptors (Lipinski definition) is 3. The Bertz CT molecular complexity index is 1060. The molecule has 3 heteroatoms. The largest absolute Gasteiger partial charge is 0.497 e. The number of methoxy groups -OCH3 is 1. The summed E-state index contributed by atoms with van der Waals surface area (Å²) in [5.41, 5.74) is 11.8. The highest BCUT2D eigenvalue weighted by atomic mass is 16.5. The van der Waals surface area contributed by atoms with Crippen LogP contribution >= 0.6 is 0 Å². The van der Waals surface area contributed by atoms with Crippen molar-refractivity contribution in [2.75, 3.05) is 12.4 Å². The van der Waals surface area contributed by atoms with Gasteiger partial charge in [0.05, 0.1) is 18.8 Å². The van der Waals surface area contributed by atoms with E-state index in [4.69, 9.17) is 9.72 Å². The molecule has 1 N–H and O–H groups in total. The van der Waals surface area contributed by atoms with Crippen LogP contribution in [0.5, 0.6) is 5.75 Å². The molecule has 1 atom stereocenters. The summed E-state index contributed by atoms with van der Waals surface area (Å²) in [4.78, 5) is 5.29. The monoisotopic (exact) mass is 428 g/mol. The van der Waals surface area contributed by atoms with Gasteiger partial charge in [-0.15, -0.1) is 0 Å². The zero-order chi connectivity index (χ0) is 22.7. The summed E-state index contributed by atoms with van der Waals surface area (Å²) in [6.07, 6.45) is 6.42. The van der Waals surface area contributed by atoms with Crippen LogP contribution in [0.25, 0.3) is 11.3 Å². The number of hydrogen-bond donors (Lipinski definition) is 1. The Labute approximate surface area is 193 Å². The van der Waals surface area contributed by atoms with Crippen LogP contribution in [0.4, 0.5) is 5.69 Å². The van der Waals surface area contributed by atoms with E-state index in [1.165, 1.54) is 39.1 Å². The Morgan fingerprint density at radius 1 is 0.969 bits per heavy atom. The number of rotatable bonds is 7. The Kier molecular flexibility index (Phi) is 6.83. The van der Waals surface area contributed by atoms with Gasteiger partial charge >= 0.3 is 0 Å². The van der Waals surface area contributed by atoms with E-state index < -0.39 is 0 Å². The summed E-state index contributed by atoms with van der Waals surface area (Å²) in [5, 5.41) is 3.84. The van der Waals surface area contributed by atoms with Gasteiger partial charge in [0, 0.05) is 23.0 Å². The lowest BCUT2D eigenvalue weighted by molar-refractivity contribution is 0.415. The van der Waals surface area contributed by atoms with Crippen molar-refractivity contribution in [1.29, 1.82) is 0 Å². The molecule has 3 aromatic rings. The van der Waals surface area contributed by atoms with Gasteiger partial charge in [-0.3, -0.25) is 4.98 Å². The van der Waals surface area contributed by atoms with Crippen molar-refractivity contribution in [3.05, 3.63) is 76.0 Å². The van der Waals surface area contributed by atoms with Crippen LogP contribution in [0.2, 0.25) is 0 Å². The number of benzene rings is 2. The molecule has 0 fully saturated rings. The highest BCUT2D eigenvalue weighted by molar-refractivity contribution is 5.70. The molecule has 4 rings (SSSR count). The van der Waals surface area contributed by atoms with Crippen LogP contribution in [0, 0.1) is 6.92 Å². The lowest BCUT2D eigenvalue weighted by atomic mass is 9.85. The molecule has 32 heavy (non-hydrogen) atoms. The van der Waals surface area contributed by atoms with Crippen molar-refractivity contribution in [2.45, 2.75) is 72.3 Å². The maximum absolute atomic E-state index is 5.47. The third-order valence-corrected chi connectivity index (χ3v) is 6.89. The van der Waals surface area contributed by atoms with Gasteiger partial charge in [-0.1, -0.05) is 45.0 Å². The van der Waals surface area contributed by atoms with Gasteiger partial charge in [-0.2, -0.15) is 0 Å². The minimum Gasteiger partial charge on any atom is -0.497 e. The number of pyridine rings is 1. The van der Waals surface area contributed by atoms with Gasteiger partial charge in [0.25, 0.3) is 0 Å². The van der Waals surface area contributed by atoms with E-state index in [-0.39, 0.29) is 6.04 Å². The fraction of sp³-hybridized carbons (Fsp3) is 0.414. The van der Waals surface area contributed by atoms with E-state index >= 15 is 0 Å². The normalized spacial score (nSPS) is 15.3. The molecule has 0 amide bonds. The van der Waals surface area contributed by atoms with Crippen LogP contribution in [-0.2, 0) is 25.7 Å². The molecule has 0 spiro atoms. The van der Waals surface area contributed by atoms with E-state index in [2.05, 4.69) is 69.4 Å². The van der Waals surface area contributed by atoms with Gasteiger partial charge < -0.3 is 10.1 Å². The Morgan fingerprint density at radius 3 is 2.34 bits per heavy atom. The first-order chi connectivity index (χ1) is 15.6. The Balaban J connectivity index is 1.79. The third-order valence-electron chi connectivity index (χ3n) is 6.89. The number of fused-ring (bicyclic) bond motifs is 1. The van der Waals surface area contributed by atoms with Crippen molar-refractivity contribution in [2.24, 2.45) is 0 Å². The van der Waals surface area contributed by atoms with Crippen LogP contribution in [0.1, 0.15) is 73.2 Å². The standard InChI is InChI=1S/C29H36N2O/c1-6-20-11-9-12-21(7-2)28(20)27-17-22(8-3)29-24(13-10-14-25(29)31-27)30-26-18-23(32-5)16-15-19(26)4/h9,11-12,15-18,24,30H,6-8,10,13-14H2,1-5H3. The van der Waals surface area contributed by atoms with E-state index in [0.29, 0.717) is 0 Å². The first kappa shape index (κ1) is 22.4. The molecule has 0 saturated heterocycles. The van der Waals surface area contributed by atoms with Gasteiger partial charge in [0.15, 0.2) is 0 Å². The maximum Gasteiger partial charge on any atom is 0.120 e. The molecule has 1 aliphatic carbocycles. The van der Waals surface area contributed by atoms with Crippen molar-refractivity contribution in [3.8, 4) is 17.0 Å². The topological polar surface area (TPSA) is 34.2 Å². The zero-order valence-corrected chi connectivity index (χ0v) is 20.2.